The Hall–Kier alpha value is -1.27. The van der Waals surface area contributed by atoms with E-state index in [-0.39, 0.29) is 10.3 Å². The van der Waals surface area contributed by atoms with Gasteiger partial charge < -0.3 is 11.1 Å². The fraction of sp³-hybridized carbons (Fsp3) is 0.538. The van der Waals surface area contributed by atoms with E-state index < -0.39 is 10.0 Å². The topological polar surface area (TPSA) is 98.2 Å². The van der Waals surface area contributed by atoms with E-state index in [0.717, 1.165) is 12.1 Å². The van der Waals surface area contributed by atoms with Crippen LogP contribution >= 0.6 is 0 Å². The zero-order chi connectivity index (χ0) is 14.3. The maximum atomic E-state index is 11.2. The van der Waals surface area contributed by atoms with Gasteiger partial charge in [-0.15, -0.1) is 0 Å². The van der Waals surface area contributed by atoms with Crippen LogP contribution < -0.4 is 16.2 Å². The predicted molar refractivity (Wildman–Crippen MR) is 77.3 cm³/mol. The third kappa shape index (κ3) is 3.01. The number of benzene rings is 1. The van der Waals surface area contributed by atoms with E-state index in [0.29, 0.717) is 11.7 Å². The molecular formula is C13H21N3O2S. The second kappa shape index (κ2) is 4.68. The minimum atomic E-state index is -3.70. The van der Waals surface area contributed by atoms with Gasteiger partial charge in [-0.2, -0.15) is 0 Å². The molecule has 1 fully saturated rings. The quantitative estimate of drug-likeness (QED) is 0.738. The molecule has 0 heterocycles. The lowest BCUT2D eigenvalue weighted by atomic mass is 9.87. The van der Waals surface area contributed by atoms with Crippen LogP contribution in [0.3, 0.4) is 0 Å². The van der Waals surface area contributed by atoms with Crippen molar-refractivity contribution in [3.63, 3.8) is 0 Å². The highest BCUT2D eigenvalue weighted by atomic mass is 32.2. The zero-order valence-electron chi connectivity index (χ0n) is 11.3. The Morgan fingerprint density at radius 2 is 2.05 bits per heavy atom. The van der Waals surface area contributed by atoms with Crippen molar-refractivity contribution < 1.29 is 8.42 Å². The monoisotopic (exact) mass is 283 g/mol. The van der Waals surface area contributed by atoms with E-state index >= 15 is 0 Å². The summed E-state index contributed by atoms with van der Waals surface area (Å²) in [4.78, 5) is 0.0428. The minimum absolute atomic E-state index is 0.0428. The Bertz CT molecular complexity index is 582. The van der Waals surface area contributed by atoms with E-state index in [1.807, 2.05) is 0 Å². The first-order chi connectivity index (χ1) is 8.70. The Balaban J connectivity index is 2.23. The molecule has 5 N–H and O–H groups in total. The molecule has 0 radical (unpaired) electrons. The van der Waals surface area contributed by atoms with Crippen LogP contribution in [0.15, 0.2) is 23.1 Å². The number of nitrogens with one attached hydrogen (secondary N) is 1. The lowest BCUT2D eigenvalue weighted by Crippen LogP contribution is -2.31. The third-order valence-corrected chi connectivity index (χ3v) is 4.85. The number of sulfonamides is 1. The summed E-state index contributed by atoms with van der Waals surface area (Å²) in [7, 11) is -3.70. The summed E-state index contributed by atoms with van der Waals surface area (Å²) in [5.74, 6) is 0. The summed E-state index contributed by atoms with van der Waals surface area (Å²) in [5.41, 5.74) is 7.31. The van der Waals surface area contributed by atoms with Crippen LogP contribution in [0.2, 0.25) is 0 Å². The molecule has 0 amide bonds. The van der Waals surface area contributed by atoms with Crippen molar-refractivity contribution >= 4 is 21.4 Å². The zero-order valence-corrected chi connectivity index (χ0v) is 12.1. The van der Waals surface area contributed by atoms with Crippen molar-refractivity contribution in [2.75, 3.05) is 11.1 Å². The number of anilines is 2. The Kier molecular flexibility index (Phi) is 3.49. The first-order valence-electron chi connectivity index (χ1n) is 6.39. The average Bonchev–Trinajstić information content (AvgIpc) is 2.59. The second-order valence-corrected chi connectivity index (χ2v) is 7.43. The molecule has 1 aromatic carbocycles. The molecule has 1 aliphatic carbocycles. The molecule has 19 heavy (non-hydrogen) atoms. The molecular weight excluding hydrogens is 262 g/mol. The van der Waals surface area contributed by atoms with Crippen LogP contribution in [0.5, 0.6) is 0 Å². The van der Waals surface area contributed by atoms with Crippen molar-refractivity contribution in [3.8, 4) is 0 Å². The summed E-state index contributed by atoms with van der Waals surface area (Å²) < 4.78 is 22.5. The standard InChI is InChI=1S/C13H21N3O2S/c1-13(2)7-3-4-12(13)16-11-6-5-9(8-10(11)14)19(15,17)18/h5-6,8,12,16H,3-4,7,14H2,1-2H3,(H2,15,17,18). The van der Waals surface area contributed by atoms with Crippen LogP contribution in [0.1, 0.15) is 33.1 Å². The van der Waals surface area contributed by atoms with Crippen molar-refractivity contribution in [3.05, 3.63) is 18.2 Å². The highest BCUT2D eigenvalue weighted by Gasteiger charge is 2.34. The normalized spacial score (nSPS) is 22.4. The molecule has 0 bridgehead atoms. The fourth-order valence-corrected chi connectivity index (χ4v) is 3.18. The van der Waals surface area contributed by atoms with Gasteiger partial charge in [0.25, 0.3) is 0 Å². The lowest BCUT2D eigenvalue weighted by Gasteiger charge is -2.29. The molecule has 0 aromatic heterocycles. The van der Waals surface area contributed by atoms with Crippen molar-refractivity contribution in [2.24, 2.45) is 10.6 Å². The summed E-state index contributed by atoms with van der Waals surface area (Å²) in [6, 6.07) is 4.93. The Morgan fingerprint density at radius 1 is 1.37 bits per heavy atom. The van der Waals surface area contributed by atoms with Crippen molar-refractivity contribution in [1.29, 1.82) is 0 Å². The molecule has 1 aromatic rings. The summed E-state index contributed by atoms with van der Waals surface area (Å²) in [6.45, 7) is 4.46. The summed E-state index contributed by atoms with van der Waals surface area (Å²) in [6.07, 6.45) is 3.48. The third-order valence-electron chi connectivity index (χ3n) is 3.94. The van der Waals surface area contributed by atoms with Gasteiger partial charge in [-0.1, -0.05) is 20.3 Å². The molecule has 0 aliphatic heterocycles. The molecule has 1 saturated carbocycles. The number of hydrogen-bond acceptors (Lipinski definition) is 4. The van der Waals surface area contributed by atoms with Crippen molar-refractivity contribution in [1.82, 2.24) is 0 Å². The van der Waals surface area contributed by atoms with Crippen LogP contribution in [-0.4, -0.2) is 14.5 Å². The smallest absolute Gasteiger partial charge is 0.238 e. The number of nitrogens with two attached hydrogens (primary N) is 2. The molecule has 1 unspecified atom stereocenters. The number of nitrogen functional groups attached to an aromatic ring is 1. The van der Waals surface area contributed by atoms with Gasteiger partial charge in [0, 0.05) is 6.04 Å². The molecule has 2 rings (SSSR count). The minimum Gasteiger partial charge on any atom is -0.397 e. The molecule has 6 heteroatoms. The number of primary sulfonamides is 1. The van der Waals surface area contributed by atoms with Gasteiger partial charge in [0.15, 0.2) is 0 Å². The number of hydrogen-bond donors (Lipinski definition) is 3. The van der Waals surface area contributed by atoms with Crippen LogP contribution in [-0.2, 0) is 10.0 Å². The molecule has 1 atom stereocenters. The summed E-state index contributed by atoms with van der Waals surface area (Å²) >= 11 is 0. The maximum absolute atomic E-state index is 11.2. The highest BCUT2D eigenvalue weighted by molar-refractivity contribution is 7.89. The summed E-state index contributed by atoms with van der Waals surface area (Å²) in [5, 5.41) is 8.50. The largest absolute Gasteiger partial charge is 0.397 e. The van der Waals surface area contributed by atoms with Crippen LogP contribution in [0.25, 0.3) is 0 Å². The van der Waals surface area contributed by atoms with Gasteiger partial charge in [-0.3, -0.25) is 0 Å². The maximum Gasteiger partial charge on any atom is 0.238 e. The van der Waals surface area contributed by atoms with Crippen LogP contribution in [0, 0.1) is 5.41 Å². The van der Waals surface area contributed by atoms with Gasteiger partial charge in [-0.05, 0) is 36.5 Å². The van der Waals surface area contributed by atoms with E-state index in [1.54, 1.807) is 6.07 Å². The van der Waals surface area contributed by atoms with Crippen molar-refractivity contribution in [2.45, 2.75) is 44.0 Å². The Morgan fingerprint density at radius 3 is 2.53 bits per heavy atom. The molecule has 1 aliphatic rings. The van der Waals surface area contributed by atoms with E-state index in [2.05, 4.69) is 19.2 Å². The average molecular weight is 283 g/mol. The van der Waals surface area contributed by atoms with Gasteiger partial charge in [0.1, 0.15) is 0 Å². The molecule has 0 spiro atoms. The van der Waals surface area contributed by atoms with Gasteiger partial charge in [-0.25, -0.2) is 13.6 Å². The second-order valence-electron chi connectivity index (χ2n) is 5.87. The van der Waals surface area contributed by atoms with Crippen LogP contribution in [0.4, 0.5) is 11.4 Å². The van der Waals surface area contributed by atoms with Gasteiger partial charge >= 0.3 is 0 Å². The molecule has 106 valence electrons. The molecule has 0 saturated heterocycles. The fourth-order valence-electron chi connectivity index (χ4n) is 2.63. The number of rotatable bonds is 3. The van der Waals surface area contributed by atoms with Gasteiger partial charge in [0.05, 0.1) is 16.3 Å². The predicted octanol–water partition coefficient (Wildman–Crippen LogP) is 1.91. The van der Waals surface area contributed by atoms with E-state index in [9.17, 15) is 8.42 Å². The first kappa shape index (κ1) is 14.1. The highest BCUT2D eigenvalue weighted by Crippen LogP contribution is 2.39. The first-order valence-corrected chi connectivity index (χ1v) is 7.94. The lowest BCUT2D eigenvalue weighted by molar-refractivity contribution is 0.350. The molecule has 5 nitrogen and oxygen atoms in total. The van der Waals surface area contributed by atoms with Gasteiger partial charge in [0.2, 0.25) is 10.0 Å². The van der Waals surface area contributed by atoms with E-state index in [4.69, 9.17) is 10.9 Å². The SMILES string of the molecule is CC1(C)CCCC1Nc1ccc(S(N)(=O)=O)cc1N. The Labute approximate surface area is 114 Å². The van der Waals surface area contributed by atoms with E-state index in [1.165, 1.54) is 25.0 Å².